The third-order valence-electron chi connectivity index (χ3n) is 4.95. The molecule has 0 aromatic heterocycles. The normalized spacial score (nSPS) is 22.4. The van der Waals surface area contributed by atoms with Crippen molar-refractivity contribution in [2.24, 2.45) is 0 Å². The second-order valence-electron chi connectivity index (χ2n) is 6.07. The first kappa shape index (κ1) is 16.9. The van der Waals surface area contributed by atoms with Gasteiger partial charge in [-0.3, -0.25) is 4.90 Å². The van der Waals surface area contributed by atoms with Crippen molar-refractivity contribution in [1.29, 1.82) is 0 Å². The quantitative estimate of drug-likeness (QED) is 0.844. The van der Waals surface area contributed by atoms with Crippen LogP contribution in [0.25, 0.3) is 0 Å². The SMILES string of the molecule is CCC1CNC(CC)(CC)CN1Cc1ccc(Br)cc1F. The summed E-state index contributed by atoms with van der Waals surface area (Å²) < 4.78 is 14.9. The Morgan fingerprint density at radius 2 is 2.05 bits per heavy atom. The third kappa shape index (κ3) is 3.85. The van der Waals surface area contributed by atoms with Crippen LogP contribution in [-0.4, -0.2) is 29.6 Å². The lowest BCUT2D eigenvalue weighted by Gasteiger charge is -2.47. The first-order valence-corrected chi connectivity index (χ1v) is 8.76. The molecule has 1 aromatic rings. The molecule has 21 heavy (non-hydrogen) atoms. The first-order valence-electron chi connectivity index (χ1n) is 7.96. The lowest BCUT2D eigenvalue weighted by atomic mass is 9.88. The molecule has 1 fully saturated rings. The van der Waals surface area contributed by atoms with Gasteiger partial charge in [-0.05, 0) is 31.4 Å². The maximum Gasteiger partial charge on any atom is 0.128 e. The molecule has 118 valence electrons. The molecule has 4 heteroatoms. The number of halogens is 2. The van der Waals surface area contributed by atoms with Crippen molar-refractivity contribution < 1.29 is 4.39 Å². The van der Waals surface area contributed by atoms with Gasteiger partial charge in [0.15, 0.2) is 0 Å². The Kier molecular flexibility index (Phi) is 5.81. The Bertz CT molecular complexity index is 474. The zero-order chi connectivity index (χ0) is 15.5. The van der Waals surface area contributed by atoms with Crippen LogP contribution >= 0.6 is 15.9 Å². The summed E-state index contributed by atoms with van der Waals surface area (Å²) in [6.07, 6.45) is 3.31. The molecule has 1 aromatic carbocycles. The van der Waals surface area contributed by atoms with E-state index in [-0.39, 0.29) is 11.4 Å². The minimum absolute atomic E-state index is 0.114. The Morgan fingerprint density at radius 1 is 1.33 bits per heavy atom. The molecule has 1 atom stereocenters. The number of benzene rings is 1. The lowest BCUT2D eigenvalue weighted by molar-refractivity contribution is 0.0635. The van der Waals surface area contributed by atoms with Crippen LogP contribution in [0.2, 0.25) is 0 Å². The second kappa shape index (κ2) is 7.21. The molecule has 1 N–H and O–H groups in total. The molecule has 1 heterocycles. The van der Waals surface area contributed by atoms with Gasteiger partial charge in [-0.15, -0.1) is 0 Å². The standard InChI is InChI=1S/C17H26BrFN2/c1-4-15-10-20-17(5-2,6-3)12-21(15)11-13-7-8-14(18)9-16(13)19/h7-9,15,20H,4-6,10-12H2,1-3H3. The predicted molar refractivity (Wildman–Crippen MR) is 89.9 cm³/mol. The summed E-state index contributed by atoms with van der Waals surface area (Å²) >= 11 is 3.32. The van der Waals surface area contributed by atoms with Gasteiger partial charge in [0.1, 0.15) is 5.82 Å². The number of hydrogen-bond donors (Lipinski definition) is 1. The highest BCUT2D eigenvalue weighted by Crippen LogP contribution is 2.26. The van der Waals surface area contributed by atoms with Crippen LogP contribution in [0.5, 0.6) is 0 Å². The van der Waals surface area contributed by atoms with E-state index in [0.717, 1.165) is 42.4 Å². The van der Waals surface area contributed by atoms with E-state index < -0.39 is 0 Å². The number of piperazine rings is 1. The average Bonchev–Trinajstić information content (AvgIpc) is 2.50. The molecule has 1 aliphatic heterocycles. The fourth-order valence-electron chi connectivity index (χ4n) is 3.22. The summed E-state index contributed by atoms with van der Waals surface area (Å²) in [5.41, 5.74) is 0.969. The van der Waals surface area contributed by atoms with Crippen molar-refractivity contribution in [3.63, 3.8) is 0 Å². The van der Waals surface area contributed by atoms with E-state index in [1.807, 2.05) is 12.1 Å². The van der Waals surface area contributed by atoms with E-state index in [2.05, 4.69) is 46.9 Å². The van der Waals surface area contributed by atoms with Gasteiger partial charge in [0.2, 0.25) is 0 Å². The largest absolute Gasteiger partial charge is 0.308 e. The van der Waals surface area contributed by atoms with Crippen LogP contribution < -0.4 is 5.32 Å². The van der Waals surface area contributed by atoms with E-state index in [1.54, 1.807) is 6.07 Å². The van der Waals surface area contributed by atoms with Gasteiger partial charge < -0.3 is 5.32 Å². The van der Waals surface area contributed by atoms with E-state index in [9.17, 15) is 4.39 Å². The molecule has 1 unspecified atom stereocenters. The highest BCUT2D eigenvalue weighted by molar-refractivity contribution is 9.10. The minimum Gasteiger partial charge on any atom is -0.308 e. The van der Waals surface area contributed by atoms with Crippen molar-refractivity contribution in [2.75, 3.05) is 13.1 Å². The van der Waals surface area contributed by atoms with Crippen molar-refractivity contribution in [2.45, 2.75) is 58.2 Å². The first-order chi connectivity index (χ1) is 10.0. The lowest BCUT2D eigenvalue weighted by Crippen LogP contribution is -2.63. The molecular weight excluding hydrogens is 331 g/mol. The molecule has 0 amide bonds. The number of nitrogens with zero attached hydrogens (tertiary/aromatic N) is 1. The zero-order valence-electron chi connectivity index (χ0n) is 13.3. The van der Waals surface area contributed by atoms with Crippen LogP contribution in [0, 0.1) is 5.82 Å². The van der Waals surface area contributed by atoms with Crippen LogP contribution in [-0.2, 0) is 6.54 Å². The summed E-state index contributed by atoms with van der Waals surface area (Å²) in [5, 5.41) is 3.73. The smallest absolute Gasteiger partial charge is 0.128 e. The maximum atomic E-state index is 14.1. The van der Waals surface area contributed by atoms with E-state index in [0.29, 0.717) is 12.6 Å². The molecule has 2 rings (SSSR count). The van der Waals surface area contributed by atoms with Crippen molar-refractivity contribution >= 4 is 15.9 Å². The van der Waals surface area contributed by atoms with Gasteiger partial charge in [0.25, 0.3) is 0 Å². The monoisotopic (exact) mass is 356 g/mol. The molecule has 2 nitrogen and oxygen atoms in total. The Labute approximate surface area is 136 Å². The van der Waals surface area contributed by atoms with Crippen LogP contribution in [0.15, 0.2) is 22.7 Å². The van der Waals surface area contributed by atoms with Crippen molar-refractivity contribution in [1.82, 2.24) is 10.2 Å². The molecule has 0 spiro atoms. The van der Waals surface area contributed by atoms with Gasteiger partial charge in [0.05, 0.1) is 0 Å². The van der Waals surface area contributed by atoms with Crippen LogP contribution in [0.1, 0.15) is 45.6 Å². The summed E-state index contributed by atoms with van der Waals surface area (Å²) in [6.45, 7) is 9.37. The number of nitrogens with one attached hydrogen (secondary N) is 1. The topological polar surface area (TPSA) is 15.3 Å². The maximum absolute atomic E-state index is 14.1. The van der Waals surface area contributed by atoms with Gasteiger partial charge in [-0.1, -0.05) is 42.8 Å². The Hall–Kier alpha value is -0.450. The zero-order valence-corrected chi connectivity index (χ0v) is 14.8. The highest BCUT2D eigenvalue weighted by atomic mass is 79.9. The highest BCUT2D eigenvalue weighted by Gasteiger charge is 2.36. The van der Waals surface area contributed by atoms with Gasteiger partial charge >= 0.3 is 0 Å². The summed E-state index contributed by atoms with van der Waals surface area (Å²) in [7, 11) is 0. The fourth-order valence-corrected chi connectivity index (χ4v) is 3.55. The van der Waals surface area contributed by atoms with Gasteiger partial charge in [0, 0.05) is 41.3 Å². The summed E-state index contributed by atoms with van der Waals surface area (Å²) in [4.78, 5) is 2.45. The molecule has 0 bridgehead atoms. The molecule has 1 saturated heterocycles. The van der Waals surface area contributed by atoms with Crippen molar-refractivity contribution in [3.8, 4) is 0 Å². The van der Waals surface area contributed by atoms with Gasteiger partial charge in [-0.2, -0.15) is 0 Å². The Balaban J connectivity index is 2.17. The average molecular weight is 357 g/mol. The minimum atomic E-state index is -0.114. The van der Waals surface area contributed by atoms with E-state index in [1.165, 1.54) is 0 Å². The fraction of sp³-hybridized carbons (Fsp3) is 0.647. The molecule has 0 radical (unpaired) electrons. The predicted octanol–water partition coefficient (Wildman–Crippen LogP) is 4.33. The molecule has 0 saturated carbocycles. The summed E-state index contributed by atoms with van der Waals surface area (Å²) in [6, 6.07) is 5.87. The Morgan fingerprint density at radius 3 is 2.62 bits per heavy atom. The molecule has 0 aliphatic carbocycles. The van der Waals surface area contributed by atoms with Crippen molar-refractivity contribution in [3.05, 3.63) is 34.1 Å². The third-order valence-corrected chi connectivity index (χ3v) is 5.44. The van der Waals surface area contributed by atoms with Gasteiger partial charge in [-0.25, -0.2) is 4.39 Å². The van der Waals surface area contributed by atoms with Crippen LogP contribution in [0.3, 0.4) is 0 Å². The van der Waals surface area contributed by atoms with Crippen LogP contribution in [0.4, 0.5) is 4.39 Å². The van der Waals surface area contributed by atoms with E-state index >= 15 is 0 Å². The molecule has 1 aliphatic rings. The number of rotatable bonds is 5. The second-order valence-corrected chi connectivity index (χ2v) is 6.99. The van der Waals surface area contributed by atoms with E-state index in [4.69, 9.17) is 0 Å². The summed E-state index contributed by atoms with van der Waals surface area (Å²) in [5.74, 6) is -0.114. The molecular formula is C17H26BrFN2. The number of hydrogen-bond acceptors (Lipinski definition) is 2.